The molecule has 0 heterocycles. The molecule has 0 aromatic carbocycles. The molecular formula is C7H13O. The van der Waals surface area contributed by atoms with Crippen LogP contribution in [0.15, 0.2) is 12.3 Å². The molecule has 0 aliphatic rings. The van der Waals surface area contributed by atoms with Crippen LogP contribution in [0.5, 0.6) is 0 Å². The van der Waals surface area contributed by atoms with Gasteiger partial charge in [0, 0.05) is 0 Å². The Balaban J connectivity index is 3.07. The van der Waals surface area contributed by atoms with Crippen molar-refractivity contribution in [3.05, 3.63) is 19.3 Å². The first-order chi connectivity index (χ1) is 3.77. The summed E-state index contributed by atoms with van der Waals surface area (Å²) in [6.45, 7) is 8.23. The van der Waals surface area contributed by atoms with Crippen molar-refractivity contribution in [2.24, 2.45) is 5.92 Å². The summed E-state index contributed by atoms with van der Waals surface area (Å²) < 4.78 is 4.85. The highest BCUT2D eigenvalue weighted by atomic mass is 16.5. The first kappa shape index (κ1) is 7.54. The summed E-state index contributed by atoms with van der Waals surface area (Å²) in [5.74, 6) is 0.571. The van der Waals surface area contributed by atoms with Crippen LogP contribution in [0.25, 0.3) is 0 Å². The number of rotatable bonds is 3. The first-order valence-corrected chi connectivity index (χ1v) is 2.85. The van der Waals surface area contributed by atoms with Crippen LogP contribution in [0.2, 0.25) is 0 Å². The minimum Gasteiger partial charge on any atom is -0.502 e. The van der Waals surface area contributed by atoms with Gasteiger partial charge in [0.1, 0.15) is 0 Å². The van der Waals surface area contributed by atoms with Gasteiger partial charge in [-0.3, -0.25) is 0 Å². The predicted molar refractivity (Wildman–Crippen MR) is 35.3 cm³/mol. The van der Waals surface area contributed by atoms with Crippen LogP contribution in [0, 0.1) is 12.8 Å². The zero-order valence-corrected chi connectivity index (χ0v) is 5.55. The Hall–Kier alpha value is -0.460. The van der Waals surface area contributed by atoms with E-state index in [4.69, 9.17) is 4.74 Å². The molecule has 0 spiro atoms. The highest BCUT2D eigenvalue weighted by Crippen LogP contribution is 1.92. The molecule has 0 fully saturated rings. The summed E-state index contributed by atoms with van der Waals surface area (Å²) in [5, 5.41) is 0. The smallest absolute Gasteiger partial charge is 0.0874 e. The fourth-order valence-electron chi connectivity index (χ4n) is 0.281. The third kappa shape index (κ3) is 5.54. The zero-order chi connectivity index (χ0) is 6.41. The van der Waals surface area contributed by atoms with E-state index in [1.54, 1.807) is 6.26 Å². The molecule has 0 aliphatic heterocycles. The predicted octanol–water partition coefficient (Wildman–Crippen LogP) is 2.01. The second-order valence-corrected chi connectivity index (χ2v) is 1.94. The Morgan fingerprint density at radius 2 is 2.25 bits per heavy atom. The van der Waals surface area contributed by atoms with E-state index >= 15 is 0 Å². The minimum absolute atomic E-state index is 0.517. The Morgan fingerprint density at radius 3 is 2.62 bits per heavy atom. The lowest BCUT2D eigenvalue weighted by atomic mass is 10.2. The van der Waals surface area contributed by atoms with Crippen LogP contribution in [-0.2, 0) is 4.74 Å². The van der Waals surface area contributed by atoms with Crippen LogP contribution < -0.4 is 0 Å². The van der Waals surface area contributed by atoms with Gasteiger partial charge in [-0.1, -0.05) is 13.8 Å². The largest absolute Gasteiger partial charge is 0.502 e. The monoisotopic (exact) mass is 113 g/mol. The lowest BCUT2D eigenvalue weighted by Gasteiger charge is -1.93. The van der Waals surface area contributed by atoms with E-state index in [-0.39, 0.29) is 0 Å². The molecular weight excluding hydrogens is 100 g/mol. The Labute approximate surface area is 51.4 Å². The van der Waals surface area contributed by atoms with Gasteiger partial charge < -0.3 is 4.74 Å². The molecule has 0 N–H and O–H groups in total. The van der Waals surface area contributed by atoms with Crippen molar-refractivity contribution in [1.82, 2.24) is 0 Å². The molecule has 0 atom stereocenters. The fraction of sp³-hybridized carbons (Fsp3) is 0.571. The van der Waals surface area contributed by atoms with Gasteiger partial charge in [0.15, 0.2) is 0 Å². The number of ether oxygens (including phenoxy) is 1. The van der Waals surface area contributed by atoms with Crippen LogP contribution in [0.4, 0.5) is 0 Å². The molecule has 1 nitrogen and oxygen atoms in total. The third-order valence-electron chi connectivity index (χ3n) is 0.678. The lowest BCUT2D eigenvalue weighted by Crippen LogP contribution is -1.81. The lowest BCUT2D eigenvalue weighted by molar-refractivity contribution is 0.285. The van der Waals surface area contributed by atoms with Crippen LogP contribution in [0.1, 0.15) is 13.8 Å². The molecule has 1 radical (unpaired) electrons. The average molecular weight is 113 g/mol. The molecule has 8 heavy (non-hydrogen) atoms. The zero-order valence-electron chi connectivity index (χ0n) is 5.55. The molecule has 0 bridgehead atoms. The maximum Gasteiger partial charge on any atom is 0.0874 e. The van der Waals surface area contributed by atoms with E-state index in [1.807, 2.05) is 6.08 Å². The van der Waals surface area contributed by atoms with E-state index in [9.17, 15) is 0 Å². The maximum absolute atomic E-state index is 4.85. The van der Waals surface area contributed by atoms with Gasteiger partial charge >= 0.3 is 0 Å². The summed E-state index contributed by atoms with van der Waals surface area (Å²) in [7, 11) is 0. The van der Waals surface area contributed by atoms with Crippen molar-refractivity contribution in [3.63, 3.8) is 0 Å². The topological polar surface area (TPSA) is 9.23 Å². The Morgan fingerprint density at radius 1 is 1.62 bits per heavy atom. The van der Waals surface area contributed by atoms with Gasteiger partial charge in [0.05, 0.1) is 12.9 Å². The summed E-state index contributed by atoms with van der Waals surface area (Å²) >= 11 is 0. The summed E-state index contributed by atoms with van der Waals surface area (Å²) in [6.07, 6.45) is 3.68. The first-order valence-electron chi connectivity index (χ1n) is 2.85. The standard InChI is InChI=1S/C7H13O/c1-4-8-6-5-7(2)3/h5-7H,1,4H2,2-3H3. The molecule has 47 valence electrons. The highest BCUT2D eigenvalue weighted by molar-refractivity contribution is 4.76. The average Bonchev–Trinajstić information content (AvgIpc) is 1.66. The molecule has 0 unspecified atom stereocenters. The van der Waals surface area contributed by atoms with E-state index in [0.717, 1.165) is 0 Å². The Kier molecular flexibility index (Phi) is 4.42. The van der Waals surface area contributed by atoms with Gasteiger partial charge in [-0.25, -0.2) is 0 Å². The van der Waals surface area contributed by atoms with Crippen LogP contribution >= 0.6 is 0 Å². The number of hydrogen-bond acceptors (Lipinski definition) is 1. The molecule has 0 amide bonds. The second-order valence-electron chi connectivity index (χ2n) is 1.94. The normalized spacial score (nSPS) is 11.0. The van der Waals surface area contributed by atoms with Gasteiger partial charge in [0.25, 0.3) is 0 Å². The second kappa shape index (κ2) is 4.69. The molecule has 1 heteroatoms. The van der Waals surface area contributed by atoms with Gasteiger partial charge in [0.2, 0.25) is 0 Å². The van der Waals surface area contributed by atoms with E-state index in [2.05, 4.69) is 20.8 Å². The van der Waals surface area contributed by atoms with E-state index < -0.39 is 0 Å². The molecule has 0 saturated heterocycles. The van der Waals surface area contributed by atoms with Crippen molar-refractivity contribution in [2.45, 2.75) is 13.8 Å². The molecule has 0 saturated carbocycles. The minimum atomic E-state index is 0.517. The Bertz CT molecular complexity index is 64.8. The van der Waals surface area contributed by atoms with Crippen molar-refractivity contribution < 1.29 is 4.74 Å². The third-order valence-corrected chi connectivity index (χ3v) is 0.678. The molecule has 0 aromatic rings. The molecule has 0 aromatic heterocycles. The number of hydrogen-bond donors (Lipinski definition) is 0. The van der Waals surface area contributed by atoms with Crippen LogP contribution in [0.3, 0.4) is 0 Å². The van der Waals surface area contributed by atoms with Gasteiger partial charge in [-0.05, 0) is 18.9 Å². The van der Waals surface area contributed by atoms with Crippen molar-refractivity contribution >= 4 is 0 Å². The quantitative estimate of drug-likeness (QED) is 0.509. The number of allylic oxidation sites excluding steroid dienone is 1. The summed E-state index contributed by atoms with van der Waals surface area (Å²) in [4.78, 5) is 0. The van der Waals surface area contributed by atoms with Crippen molar-refractivity contribution in [3.8, 4) is 0 Å². The fourth-order valence-corrected chi connectivity index (χ4v) is 0.281. The molecule has 0 aliphatic carbocycles. The van der Waals surface area contributed by atoms with Crippen molar-refractivity contribution in [1.29, 1.82) is 0 Å². The maximum atomic E-state index is 4.85. The summed E-state index contributed by atoms with van der Waals surface area (Å²) in [6, 6.07) is 0. The summed E-state index contributed by atoms with van der Waals surface area (Å²) in [5.41, 5.74) is 0. The highest BCUT2D eigenvalue weighted by Gasteiger charge is 1.80. The van der Waals surface area contributed by atoms with Crippen LogP contribution in [-0.4, -0.2) is 6.61 Å². The van der Waals surface area contributed by atoms with Crippen molar-refractivity contribution in [2.75, 3.05) is 6.61 Å². The van der Waals surface area contributed by atoms with E-state index in [0.29, 0.717) is 12.5 Å². The van der Waals surface area contributed by atoms with Gasteiger partial charge in [-0.15, -0.1) is 0 Å². The van der Waals surface area contributed by atoms with E-state index in [1.165, 1.54) is 0 Å². The SMILES string of the molecule is [CH2]COC=CC(C)C. The van der Waals surface area contributed by atoms with Gasteiger partial charge in [-0.2, -0.15) is 0 Å². The molecule has 0 rings (SSSR count).